The van der Waals surface area contributed by atoms with Gasteiger partial charge in [0.2, 0.25) is 11.9 Å². The van der Waals surface area contributed by atoms with Crippen LogP contribution in [-0.2, 0) is 17.6 Å². The summed E-state index contributed by atoms with van der Waals surface area (Å²) >= 11 is 7.61. The number of piperazine rings is 1. The number of aromatic nitrogens is 3. The Morgan fingerprint density at radius 3 is 2.30 bits per heavy atom. The maximum Gasteiger partial charge on any atom is 0.410 e. The summed E-state index contributed by atoms with van der Waals surface area (Å²) in [5.41, 5.74) is 1.83. The van der Waals surface area contributed by atoms with Gasteiger partial charge in [0.1, 0.15) is 11.4 Å². The molecule has 0 aliphatic carbocycles. The molecule has 2 aromatic carbocycles. The number of carbonyl (C=O) groups excluding carboxylic acids is 1. The molecule has 4 rings (SSSR count). The highest BCUT2D eigenvalue weighted by Crippen LogP contribution is 2.22. The minimum atomic E-state index is -0.525. The lowest BCUT2D eigenvalue weighted by molar-refractivity contribution is 0.0240. The maximum absolute atomic E-state index is 12.5. The van der Waals surface area contributed by atoms with Crippen molar-refractivity contribution >= 4 is 41.4 Å². The molecule has 0 bridgehead atoms. The first-order chi connectivity index (χ1) is 19.1. The summed E-state index contributed by atoms with van der Waals surface area (Å²) in [4.78, 5) is 30.5. The van der Waals surface area contributed by atoms with E-state index < -0.39 is 5.60 Å². The number of benzene rings is 2. The lowest BCUT2D eigenvalue weighted by Gasteiger charge is -2.35. The van der Waals surface area contributed by atoms with Gasteiger partial charge in [-0.1, -0.05) is 47.6 Å². The molecule has 1 amide bonds. The molecular weight excluding hydrogens is 548 g/mol. The number of aryl methyl sites for hydroxylation is 1. The summed E-state index contributed by atoms with van der Waals surface area (Å²) in [5.74, 6) is 2.25. The Morgan fingerprint density at radius 1 is 0.975 bits per heavy atom. The minimum absolute atomic E-state index is 0.253. The van der Waals surface area contributed by atoms with Crippen molar-refractivity contribution in [1.82, 2.24) is 19.9 Å². The highest BCUT2D eigenvalue weighted by Gasteiger charge is 2.27. The molecule has 1 fully saturated rings. The van der Waals surface area contributed by atoms with E-state index in [1.54, 1.807) is 28.8 Å². The number of amides is 1. The zero-order valence-corrected chi connectivity index (χ0v) is 24.8. The zero-order valence-electron chi connectivity index (χ0n) is 23.3. The number of phenolic OH excluding ortho intramolecular Hbond substituents is 1. The van der Waals surface area contributed by atoms with Crippen LogP contribution in [-0.4, -0.2) is 75.1 Å². The van der Waals surface area contributed by atoms with E-state index in [0.717, 1.165) is 35.6 Å². The van der Waals surface area contributed by atoms with Gasteiger partial charge in [0.05, 0.1) is 0 Å². The summed E-state index contributed by atoms with van der Waals surface area (Å²) in [6.07, 6.45) is 2.40. The fourth-order valence-corrected chi connectivity index (χ4v) is 5.01. The van der Waals surface area contributed by atoms with Crippen molar-refractivity contribution in [3.63, 3.8) is 0 Å². The van der Waals surface area contributed by atoms with E-state index in [0.29, 0.717) is 49.8 Å². The smallest absolute Gasteiger partial charge is 0.410 e. The van der Waals surface area contributed by atoms with Gasteiger partial charge in [-0.25, -0.2) is 4.79 Å². The molecule has 1 saturated heterocycles. The van der Waals surface area contributed by atoms with Gasteiger partial charge in [-0.2, -0.15) is 15.0 Å². The van der Waals surface area contributed by atoms with Gasteiger partial charge in [-0.05, 0) is 75.4 Å². The fraction of sp³-hybridized carbons (Fsp3) is 0.448. The second-order valence-electron chi connectivity index (χ2n) is 10.6. The van der Waals surface area contributed by atoms with Crippen LogP contribution in [0.15, 0.2) is 53.7 Å². The molecule has 0 spiro atoms. The van der Waals surface area contributed by atoms with Gasteiger partial charge in [0.25, 0.3) is 0 Å². The van der Waals surface area contributed by atoms with E-state index in [-0.39, 0.29) is 11.8 Å². The first kappa shape index (κ1) is 29.7. The number of hydrogen-bond acceptors (Lipinski definition) is 9. The predicted octanol–water partition coefficient (Wildman–Crippen LogP) is 5.67. The van der Waals surface area contributed by atoms with E-state index in [9.17, 15) is 9.90 Å². The Morgan fingerprint density at radius 2 is 1.62 bits per heavy atom. The van der Waals surface area contributed by atoms with Gasteiger partial charge in [0, 0.05) is 43.5 Å². The normalized spacial score (nSPS) is 13.8. The minimum Gasteiger partial charge on any atom is -0.508 e. The van der Waals surface area contributed by atoms with Crippen LogP contribution >= 0.6 is 23.4 Å². The van der Waals surface area contributed by atoms with E-state index in [2.05, 4.69) is 27.3 Å². The number of nitrogens with zero attached hydrogens (tertiary/aromatic N) is 5. The second-order valence-corrected chi connectivity index (χ2v) is 12.1. The fourth-order valence-electron chi connectivity index (χ4n) is 4.12. The standard InChI is InChI=1S/C29H37ClN6O3S/c1-29(2,3)39-28(38)36-18-16-35(17-19-36)26-32-25(31-15-14-22-8-12-24(37)13-9-22)33-27(34-26)40-20-4-5-21-6-10-23(30)11-7-21/h6-13,37H,4-5,14-20H2,1-3H3,(H,31,32,33,34). The molecule has 40 heavy (non-hydrogen) atoms. The first-order valence-electron chi connectivity index (χ1n) is 13.5. The summed E-state index contributed by atoms with van der Waals surface area (Å²) in [6.45, 7) is 8.54. The van der Waals surface area contributed by atoms with Crippen LogP contribution in [0.5, 0.6) is 5.75 Å². The third-order valence-electron chi connectivity index (χ3n) is 6.20. The number of nitrogens with one attached hydrogen (secondary N) is 1. The number of carbonyl (C=O) groups is 1. The molecule has 1 aliphatic heterocycles. The van der Waals surface area contributed by atoms with Crippen molar-refractivity contribution < 1.29 is 14.6 Å². The number of hydrogen-bond donors (Lipinski definition) is 2. The number of ether oxygens (including phenoxy) is 1. The number of phenols is 1. The Labute approximate surface area is 245 Å². The largest absolute Gasteiger partial charge is 0.508 e. The number of thioether (sulfide) groups is 1. The molecule has 9 nitrogen and oxygen atoms in total. The third-order valence-corrected chi connectivity index (χ3v) is 7.39. The van der Waals surface area contributed by atoms with E-state index in [1.807, 2.05) is 45.0 Å². The van der Waals surface area contributed by atoms with Gasteiger partial charge in [0.15, 0.2) is 5.16 Å². The Bertz CT molecular complexity index is 1250. The molecule has 1 aromatic heterocycles. The number of aromatic hydroxyl groups is 1. The van der Waals surface area contributed by atoms with Crippen molar-refractivity contribution in [2.45, 2.75) is 50.8 Å². The SMILES string of the molecule is CC(C)(C)OC(=O)N1CCN(c2nc(NCCc3ccc(O)cc3)nc(SCCCc3ccc(Cl)cc3)n2)CC1. The average Bonchev–Trinajstić information content (AvgIpc) is 2.92. The van der Waals surface area contributed by atoms with E-state index in [1.165, 1.54) is 5.56 Å². The Kier molecular flexibility index (Phi) is 10.3. The number of halogens is 1. The predicted molar refractivity (Wildman–Crippen MR) is 161 cm³/mol. The second kappa shape index (κ2) is 13.9. The number of rotatable bonds is 10. The van der Waals surface area contributed by atoms with Crippen LogP contribution in [0.2, 0.25) is 5.02 Å². The van der Waals surface area contributed by atoms with Crippen molar-refractivity contribution in [3.05, 3.63) is 64.7 Å². The lowest BCUT2D eigenvalue weighted by Crippen LogP contribution is -2.50. The highest BCUT2D eigenvalue weighted by atomic mass is 35.5. The number of anilines is 2. The van der Waals surface area contributed by atoms with Crippen LogP contribution in [0.3, 0.4) is 0 Å². The summed E-state index contributed by atoms with van der Waals surface area (Å²) in [7, 11) is 0. The molecule has 214 valence electrons. The van der Waals surface area contributed by atoms with Gasteiger partial charge in [-0.3, -0.25) is 0 Å². The molecule has 2 N–H and O–H groups in total. The summed E-state index contributed by atoms with van der Waals surface area (Å²) < 4.78 is 5.53. The van der Waals surface area contributed by atoms with Crippen LogP contribution in [0, 0.1) is 0 Å². The third kappa shape index (κ3) is 9.45. The zero-order chi connectivity index (χ0) is 28.5. The average molecular weight is 585 g/mol. The molecule has 0 atom stereocenters. The van der Waals surface area contributed by atoms with Crippen LogP contribution in [0.1, 0.15) is 38.3 Å². The highest BCUT2D eigenvalue weighted by molar-refractivity contribution is 7.99. The van der Waals surface area contributed by atoms with Crippen LogP contribution < -0.4 is 10.2 Å². The summed E-state index contributed by atoms with van der Waals surface area (Å²) in [6, 6.07) is 15.1. The molecule has 1 aliphatic rings. The van der Waals surface area contributed by atoms with Crippen molar-refractivity contribution in [3.8, 4) is 5.75 Å². The van der Waals surface area contributed by atoms with Crippen LogP contribution in [0.25, 0.3) is 0 Å². The topological polar surface area (TPSA) is 104 Å². The van der Waals surface area contributed by atoms with Crippen molar-refractivity contribution in [2.24, 2.45) is 0 Å². The van der Waals surface area contributed by atoms with Crippen LogP contribution in [0.4, 0.5) is 16.7 Å². The molecule has 0 radical (unpaired) electrons. The molecule has 3 aromatic rings. The first-order valence-corrected chi connectivity index (χ1v) is 14.9. The van der Waals surface area contributed by atoms with Gasteiger partial charge in [-0.15, -0.1) is 0 Å². The van der Waals surface area contributed by atoms with E-state index >= 15 is 0 Å². The van der Waals surface area contributed by atoms with E-state index in [4.69, 9.17) is 26.3 Å². The maximum atomic E-state index is 12.5. The lowest BCUT2D eigenvalue weighted by atomic mass is 10.1. The molecule has 0 saturated carbocycles. The molecular formula is C29H37ClN6O3S. The molecule has 0 unspecified atom stereocenters. The monoisotopic (exact) mass is 584 g/mol. The summed E-state index contributed by atoms with van der Waals surface area (Å²) in [5, 5.41) is 14.3. The molecule has 11 heteroatoms. The van der Waals surface area contributed by atoms with Crippen molar-refractivity contribution in [2.75, 3.05) is 48.7 Å². The van der Waals surface area contributed by atoms with Gasteiger partial charge >= 0.3 is 6.09 Å². The van der Waals surface area contributed by atoms with Gasteiger partial charge < -0.3 is 25.0 Å². The van der Waals surface area contributed by atoms with Crippen molar-refractivity contribution in [1.29, 1.82) is 0 Å². The molecule has 2 heterocycles. The Hall–Kier alpha value is -3.24. The quantitative estimate of drug-likeness (QED) is 0.230. The Balaban J connectivity index is 1.38.